The van der Waals surface area contributed by atoms with Gasteiger partial charge in [0.25, 0.3) is 0 Å². The lowest BCUT2D eigenvalue weighted by Gasteiger charge is -2.63. The highest BCUT2D eigenvalue weighted by Gasteiger charge is 2.86. The van der Waals surface area contributed by atoms with Gasteiger partial charge in [-0.1, -0.05) is 52.3 Å². The molecule has 5 fully saturated rings. The van der Waals surface area contributed by atoms with Crippen molar-refractivity contribution in [2.24, 2.45) is 50.7 Å². The molecule has 6 heteroatoms. The van der Waals surface area contributed by atoms with Crippen molar-refractivity contribution in [3.63, 3.8) is 0 Å². The molecule has 2 spiro atoms. The van der Waals surface area contributed by atoms with Crippen LogP contribution in [0.5, 0.6) is 5.75 Å². The molecule has 5 aliphatic carbocycles. The minimum absolute atomic E-state index is 0.0100. The molecule has 0 bridgehead atoms. The minimum Gasteiger partial charge on any atom is -0.493 e. The standard InChI is InChI=1S/C37H56N2O4/c1-22(2)32(42)38-29-16-17-36-20-37(36)28(15-14-27(36)33(29,5)21-43-25-12-10-23(3)11-13-25)34(6)18-26(40)31(24(4)39(8)9)35(34,7)19-30(37)41/h10-13,22,24,26-29,31,40H,14-21H2,1-9H3,(H,38,42)/t24?,26-,27?,28?,29+,31?,33+,34+,35-,36-,37?/m1/s1. The summed E-state index contributed by atoms with van der Waals surface area (Å²) in [5.74, 6) is 2.01. The first kappa shape index (κ1) is 31.1. The normalized spacial score (nSPS) is 45.6. The topological polar surface area (TPSA) is 78.9 Å². The zero-order valence-corrected chi connectivity index (χ0v) is 28.1. The quantitative estimate of drug-likeness (QED) is 0.404. The lowest BCUT2D eigenvalue weighted by atomic mass is 9.41. The molecular formula is C37H56N2O4. The molecule has 6 nitrogen and oxygen atoms in total. The maximum Gasteiger partial charge on any atom is 0.222 e. The van der Waals surface area contributed by atoms with Crippen molar-refractivity contribution in [3.8, 4) is 5.75 Å². The largest absolute Gasteiger partial charge is 0.493 e. The minimum atomic E-state index is -0.391. The Morgan fingerprint density at radius 3 is 2.33 bits per heavy atom. The van der Waals surface area contributed by atoms with Crippen LogP contribution in [0.1, 0.15) is 92.1 Å². The van der Waals surface area contributed by atoms with Gasteiger partial charge in [-0.05, 0) is 107 Å². The van der Waals surface area contributed by atoms with Crippen molar-refractivity contribution in [2.75, 3.05) is 20.7 Å². The van der Waals surface area contributed by atoms with Crippen molar-refractivity contribution in [1.29, 1.82) is 0 Å². The number of ether oxygens (including phenoxy) is 1. The van der Waals surface area contributed by atoms with Crippen LogP contribution in [-0.4, -0.2) is 60.6 Å². The summed E-state index contributed by atoms with van der Waals surface area (Å²) in [5, 5.41) is 15.1. The highest BCUT2D eigenvalue weighted by molar-refractivity contribution is 5.92. The summed E-state index contributed by atoms with van der Waals surface area (Å²) in [4.78, 5) is 30.0. The zero-order valence-electron chi connectivity index (χ0n) is 28.1. The van der Waals surface area contributed by atoms with Crippen LogP contribution in [0.3, 0.4) is 0 Å². The van der Waals surface area contributed by atoms with Crippen LogP contribution in [-0.2, 0) is 9.59 Å². The lowest BCUT2D eigenvalue weighted by Crippen LogP contribution is -2.64. The van der Waals surface area contributed by atoms with Crippen LogP contribution >= 0.6 is 0 Å². The molecule has 6 rings (SSSR count). The van der Waals surface area contributed by atoms with Crippen molar-refractivity contribution in [3.05, 3.63) is 29.8 Å². The van der Waals surface area contributed by atoms with E-state index < -0.39 is 6.10 Å². The van der Waals surface area contributed by atoms with E-state index in [9.17, 15) is 14.7 Å². The highest BCUT2D eigenvalue weighted by Crippen LogP contribution is 2.88. The number of nitrogens with zero attached hydrogens (tertiary/aromatic N) is 1. The smallest absolute Gasteiger partial charge is 0.222 e. The molecule has 0 aromatic heterocycles. The maximum atomic E-state index is 14.8. The molecule has 5 saturated carbocycles. The van der Waals surface area contributed by atoms with Gasteiger partial charge in [0.2, 0.25) is 5.91 Å². The van der Waals surface area contributed by atoms with Crippen LogP contribution < -0.4 is 10.1 Å². The fourth-order valence-electron chi connectivity index (χ4n) is 11.8. The fourth-order valence-corrected chi connectivity index (χ4v) is 11.8. The fraction of sp³-hybridized carbons (Fsp3) is 0.784. The highest BCUT2D eigenvalue weighted by atomic mass is 16.5. The first-order valence-electron chi connectivity index (χ1n) is 16.9. The number of hydrogen-bond donors (Lipinski definition) is 2. The number of aliphatic hydroxyl groups is 1. The third-order valence-electron chi connectivity index (χ3n) is 14.5. The molecular weight excluding hydrogens is 536 g/mol. The van der Waals surface area contributed by atoms with Crippen molar-refractivity contribution >= 4 is 11.7 Å². The van der Waals surface area contributed by atoms with Gasteiger partial charge in [0.15, 0.2) is 0 Å². The number of hydrogen-bond acceptors (Lipinski definition) is 5. The molecule has 1 aromatic carbocycles. The second kappa shape index (κ2) is 10.0. The molecule has 5 aliphatic rings. The van der Waals surface area contributed by atoms with Gasteiger partial charge in [0.1, 0.15) is 11.5 Å². The Balaban J connectivity index is 1.36. The summed E-state index contributed by atoms with van der Waals surface area (Å²) in [6.45, 7) is 15.8. The third-order valence-corrected chi connectivity index (χ3v) is 14.5. The van der Waals surface area contributed by atoms with Gasteiger partial charge in [0.05, 0.1) is 12.7 Å². The van der Waals surface area contributed by atoms with Crippen molar-refractivity contribution < 1.29 is 19.4 Å². The number of carbonyl (C=O) groups is 2. The number of ketones is 1. The number of Topliss-reactive ketones (excluding diaryl/α,β-unsaturated/α-hetero) is 1. The zero-order chi connectivity index (χ0) is 31.3. The number of aliphatic hydroxyl groups excluding tert-OH is 1. The van der Waals surface area contributed by atoms with Crippen LogP contribution in [0.25, 0.3) is 0 Å². The van der Waals surface area contributed by atoms with Gasteiger partial charge in [0, 0.05) is 41.2 Å². The molecule has 1 amide bonds. The summed E-state index contributed by atoms with van der Waals surface area (Å²) in [6, 6.07) is 8.45. The second-order valence-electron chi connectivity index (χ2n) is 16.8. The summed E-state index contributed by atoms with van der Waals surface area (Å²) in [6.07, 6.45) is 5.83. The summed E-state index contributed by atoms with van der Waals surface area (Å²) < 4.78 is 6.56. The van der Waals surface area contributed by atoms with Gasteiger partial charge in [-0.25, -0.2) is 0 Å². The van der Waals surface area contributed by atoms with Gasteiger partial charge < -0.3 is 20.1 Å². The van der Waals surface area contributed by atoms with Gasteiger partial charge in [-0.3, -0.25) is 9.59 Å². The average molecular weight is 593 g/mol. The van der Waals surface area contributed by atoms with Gasteiger partial charge >= 0.3 is 0 Å². The van der Waals surface area contributed by atoms with E-state index in [1.165, 1.54) is 5.56 Å². The van der Waals surface area contributed by atoms with Gasteiger partial charge in [-0.15, -0.1) is 0 Å². The molecule has 11 atom stereocenters. The molecule has 0 aliphatic heterocycles. The first-order chi connectivity index (χ1) is 20.1. The third kappa shape index (κ3) is 4.10. The van der Waals surface area contributed by atoms with Gasteiger partial charge in [-0.2, -0.15) is 0 Å². The molecule has 0 radical (unpaired) electrons. The van der Waals surface area contributed by atoms with Crippen LogP contribution in [0.15, 0.2) is 24.3 Å². The molecule has 238 valence electrons. The number of nitrogens with one attached hydrogen (secondary N) is 1. The van der Waals surface area contributed by atoms with E-state index in [0.29, 0.717) is 30.6 Å². The summed E-state index contributed by atoms with van der Waals surface area (Å²) >= 11 is 0. The maximum absolute atomic E-state index is 14.8. The lowest BCUT2D eigenvalue weighted by molar-refractivity contribution is -0.173. The van der Waals surface area contributed by atoms with E-state index in [2.05, 4.69) is 71.1 Å². The van der Waals surface area contributed by atoms with Crippen molar-refractivity contribution in [1.82, 2.24) is 10.2 Å². The number of benzene rings is 1. The second-order valence-corrected chi connectivity index (χ2v) is 16.8. The molecule has 0 saturated heterocycles. The first-order valence-corrected chi connectivity index (χ1v) is 16.9. The summed E-state index contributed by atoms with van der Waals surface area (Å²) in [7, 11) is 4.19. The molecule has 2 N–H and O–H groups in total. The molecule has 1 aromatic rings. The number of carbonyl (C=O) groups excluding carboxylic acids is 2. The van der Waals surface area contributed by atoms with Crippen LogP contribution in [0.2, 0.25) is 0 Å². The van der Waals surface area contributed by atoms with Crippen LogP contribution in [0, 0.1) is 57.7 Å². The van der Waals surface area contributed by atoms with E-state index in [0.717, 1.165) is 44.3 Å². The molecule has 0 heterocycles. The predicted octanol–water partition coefficient (Wildman–Crippen LogP) is 6.03. The van der Waals surface area contributed by atoms with Crippen LogP contribution in [0.4, 0.5) is 0 Å². The van der Waals surface area contributed by atoms with E-state index in [1.54, 1.807) is 0 Å². The number of rotatable bonds is 7. The average Bonchev–Trinajstić information content (AvgIpc) is 3.58. The SMILES string of the molecule is Cc1ccc(OC[C@@]2(C)C3CCC4C5(C[C@]35CC[C@@H]2NC(=O)C(C)C)C(=O)C[C@]2(C)C(C(C)N(C)C)[C@H](O)C[C@@]42C)cc1. The van der Waals surface area contributed by atoms with E-state index >= 15 is 0 Å². The Morgan fingerprint density at radius 2 is 1.70 bits per heavy atom. The van der Waals surface area contributed by atoms with E-state index in [-0.39, 0.29) is 56.9 Å². The van der Waals surface area contributed by atoms with E-state index in [4.69, 9.17) is 4.74 Å². The Bertz CT molecular complexity index is 1280. The Kier molecular flexibility index (Phi) is 7.26. The number of fused-ring (bicyclic) bond motifs is 2. The predicted molar refractivity (Wildman–Crippen MR) is 170 cm³/mol. The Hall–Kier alpha value is -1.92. The monoisotopic (exact) mass is 592 g/mol. The Morgan fingerprint density at radius 1 is 1.05 bits per heavy atom. The number of amides is 1. The van der Waals surface area contributed by atoms with Crippen molar-refractivity contribution in [2.45, 2.75) is 112 Å². The van der Waals surface area contributed by atoms with E-state index in [1.807, 2.05) is 26.0 Å². The molecule has 43 heavy (non-hydrogen) atoms. The number of aryl methyl sites for hydroxylation is 1. The summed E-state index contributed by atoms with van der Waals surface area (Å²) in [5.41, 5.74) is 0.254. The Labute approximate surface area is 259 Å². The molecule has 5 unspecified atom stereocenters.